The van der Waals surface area contributed by atoms with Gasteiger partial charge in [0, 0.05) is 10.7 Å². The number of hydrogen-bond acceptors (Lipinski definition) is 2. The fraction of sp³-hybridized carbons (Fsp3) is 0. The summed E-state index contributed by atoms with van der Waals surface area (Å²) in [4.78, 5) is 12.0. The Morgan fingerprint density at radius 2 is 1.80 bits per heavy atom. The molecular weight excluding hydrogens is 315 g/mol. The SMILES string of the molecule is O=C(NC(=S)Nc1cccc(Cl)c1)c1ccccc1Cl. The van der Waals surface area contributed by atoms with Gasteiger partial charge in [-0.1, -0.05) is 41.4 Å². The van der Waals surface area contributed by atoms with Crippen LogP contribution < -0.4 is 10.6 Å². The third-order valence-corrected chi connectivity index (χ3v) is 3.20. The first-order chi connectivity index (χ1) is 9.56. The Morgan fingerprint density at radius 1 is 1.05 bits per heavy atom. The molecule has 2 rings (SSSR count). The molecule has 0 radical (unpaired) electrons. The zero-order valence-electron chi connectivity index (χ0n) is 10.2. The van der Waals surface area contributed by atoms with Crippen LogP contribution in [0.25, 0.3) is 0 Å². The van der Waals surface area contributed by atoms with Crippen molar-refractivity contribution in [3.05, 3.63) is 64.1 Å². The average Bonchev–Trinajstić information content (AvgIpc) is 2.38. The second kappa shape index (κ2) is 6.70. The van der Waals surface area contributed by atoms with E-state index in [2.05, 4.69) is 10.6 Å². The summed E-state index contributed by atoms with van der Waals surface area (Å²) in [5, 5.41) is 6.56. The van der Waals surface area contributed by atoms with Gasteiger partial charge >= 0.3 is 0 Å². The van der Waals surface area contributed by atoms with E-state index in [1.807, 2.05) is 0 Å². The summed E-state index contributed by atoms with van der Waals surface area (Å²) < 4.78 is 0. The molecule has 2 N–H and O–H groups in total. The van der Waals surface area contributed by atoms with Crippen molar-refractivity contribution in [1.82, 2.24) is 5.32 Å². The predicted molar refractivity (Wildman–Crippen MR) is 86.6 cm³/mol. The van der Waals surface area contributed by atoms with Gasteiger partial charge in [-0.05, 0) is 42.5 Å². The van der Waals surface area contributed by atoms with E-state index in [-0.39, 0.29) is 11.0 Å². The first-order valence-electron chi connectivity index (χ1n) is 5.68. The molecular formula is C14H10Cl2N2OS. The largest absolute Gasteiger partial charge is 0.332 e. The molecule has 0 atom stereocenters. The lowest BCUT2D eigenvalue weighted by Crippen LogP contribution is -2.34. The van der Waals surface area contributed by atoms with Crippen LogP contribution in [0.5, 0.6) is 0 Å². The van der Waals surface area contributed by atoms with Gasteiger partial charge in [0.15, 0.2) is 5.11 Å². The molecule has 2 aromatic carbocycles. The molecule has 0 bridgehead atoms. The number of nitrogens with one attached hydrogen (secondary N) is 2. The Hall–Kier alpha value is -1.62. The highest BCUT2D eigenvalue weighted by molar-refractivity contribution is 7.80. The average molecular weight is 325 g/mol. The van der Waals surface area contributed by atoms with Gasteiger partial charge in [-0.25, -0.2) is 0 Å². The third kappa shape index (κ3) is 3.93. The van der Waals surface area contributed by atoms with E-state index in [0.717, 1.165) is 0 Å². The predicted octanol–water partition coefficient (Wildman–Crippen LogP) is 4.12. The summed E-state index contributed by atoms with van der Waals surface area (Å²) in [5.41, 5.74) is 1.06. The van der Waals surface area contributed by atoms with Gasteiger partial charge in [0.2, 0.25) is 0 Å². The van der Waals surface area contributed by atoms with Crippen LogP contribution in [0.15, 0.2) is 48.5 Å². The topological polar surface area (TPSA) is 41.1 Å². The monoisotopic (exact) mass is 324 g/mol. The van der Waals surface area contributed by atoms with E-state index in [1.165, 1.54) is 0 Å². The van der Waals surface area contributed by atoms with Crippen molar-refractivity contribution in [2.75, 3.05) is 5.32 Å². The number of amides is 1. The van der Waals surface area contributed by atoms with Gasteiger partial charge in [-0.2, -0.15) is 0 Å². The number of thiocarbonyl (C=S) groups is 1. The maximum atomic E-state index is 12.0. The van der Waals surface area contributed by atoms with Crippen LogP contribution in [0, 0.1) is 0 Å². The summed E-state index contributed by atoms with van der Waals surface area (Å²) in [6.45, 7) is 0. The van der Waals surface area contributed by atoms with Gasteiger partial charge in [-0.3, -0.25) is 10.1 Å². The summed E-state index contributed by atoms with van der Waals surface area (Å²) in [5.74, 6) is -0.366. The van der Waals surface area contributed by atoms with E-state index in [1.54, 1.807) is 48.5 Å². The summed E-state index contributed by atoms with van der Waals surface area (Å²) in [6.07, 6.45) is 0. The first kappa shape index (κ1) is 14.8. The quantitative estimate of drug-likeness (QED) is 0.816. The van der Waals surface area contributed by atoms with Gasteiger partial charge in [-0.15, -0.1) is 0 Å². The van der Waals surface area contributed by atoms with Gasteiger partial charge in [0.25, 0.3) is 5.91 Å². The Balaban J connectivity index is 2.02. The molecule has 0 unspecified atom stereocenters. The lowest BCUT2D eigenvalue weighted by Gasteiger charge is -2.10. The van der Waals surface area contributed by atoms with E-state index < -0.39 is 0 Å². The maximum absolute atomic E-state index is 12.0. The van der Waals surface area contributed by atoms with Crippen LogP contribution in [0.4, 0.5) is 5.69 Å². The van der Waals surface area contributed by atoms with E-state index in [9.17, 15) is 4.79 Å². The molecule has 20 heavy (non-hydrogen) atoms. The molecule has 2 aromatic rings. The lowest BCUT2D eigenvalue weighted by atomic mass is 10.2. The molecule has 0 saturated heterocycles. The zero-order valence-corrected chi connectivity index (χ0v) is 12.5. The van der Waals surface area contributed by atoms with Crippen LogP contribution in [-0.2, 0) is 0 Å². The number of carbonyl (C=O) groups is 1. The highest BCUT2D eigenvalue weighted by Gasteiger charge is 2.11. The van der Waals surface area contributed by atoms with Gasteiger partial charge in [0.1, 0.15) is 0 Å². The molecule has 3 nitrogen and oxygen atoms in total. The fourth-order valence-corrected chi connectivity index (χ4v) is 2.17. The van der Waals surface area contributed by atoms with Crippen molar-refractivity contribution in [1.29, 1.82) is 0 Å². The van der Waals surface area contributed by atoms with Crippen LogP contribution in [0.2, 0.25) is 10.0 Å². The molecule has 0 spiro atoms. The second-order valence-corrected chi connectivity index (χ2v) is 5.15. The molecule has 0 aliphatic rings. The molecule has 6 heteroatoms. The third-order valence-electron chi connectivity index (χ3n) is 2.43. The Labute approximate surface area is 131 Å². The maximum Gasteiger partial charge on any atom is 0.258 e. The zero-order chi connectivity index (χ0) is 14.5. The van der Waals surface area contributed by atoms with Gasteiger partial charge < -0.3 is 5.32 Å². The number of anilines is 1. The Morgan fingerprint density at radius 3 is 2.50 bits per heavy atom. The van der Waals surface area contributed by atoms with Gasteiger partial charge in [0.05, 0.1) is 10.6 Å². The second-order valence-electron chi connectivity index (χ2n) is 3.90. The Bertz CT molecular complexity index is 661. The molecule has 0 fully saturated rings. The van der Waals surface area contributed by atoms with Crippen LogP contribution in [0.1, 0.15) is 10.4 Å². The molecule has 0 aromatic heterocycles. The summed E-state index contributed by atoms with van der Waals surface area (Å²) in [6, 6.07) is 13.8. The van der Waals surface area contributed by atoms with Crippen LogP contribution in [0.3, 0.4) is 0 Å². The van der Waals surface area contributed by atoms with Crippen molar-refractivity contribution in [3.63, 3.8) is 0 Å². The van der Waals surface area contributed by atoms with Crippen LogP contribution >= 0.6 is 35.4 Å². The van der Waals surface area contributed by atoms with Crippen molar-refractivity contribution < 1.29 is 4.79 Å². The number of hydrogen-bond donors (Lipinski definition) is 2. The van der Waals surface area contributed by atoms with Crippen LogP contribution in [-0.4, -0.2) is 11.0 Å². The molecule has 0 saturated carbocycles. The number of carbonyl (C=O) groups excluding carboxylic acids is 1. The van der Waals surface area contributed by atoms with Crippen molar-refractivity contribution in [3.8, 4) is 0 Å². The molecule has 102 valence electrons. The molecule has 1 amide bonds. The summed E-state index contributed by atoms with van der Waals surface area (Å²) in [7, 11) is 0. The first-order valence-corrected chi connectivity index (χ1v) is 6.85. The van der Waals surface area contributed by atoms with E-state index in [0.29, 0.717) is 21.3 Å². The summed E-state index contributed by atoms with van der Waals surface area (Å²) >= 11 is 16.9. The molecule has 0 aliphatic carbocycles. The van der Waals surface area contributed by atoms with E-state index in [4.69, 9.17) is 35.4 Å². The molecule has 0 aliphatic heterocycles. The van der Waals surface area contributed by atoms with Crippen molar-refractivity contribution in [2.45, 2.75) is 0 Å². The van der Waals surface area contributed by atoms with Crippen molar-refractivity contribution >= 4 is 52.1 Å². The minimum atomic E-state index is -0.366. The van der Waals surface area contributed by atoms with Crippen molar-refractivity contribution in [2.24, 2.45) is 0 Å². The lowest BCUT2D eigenvalue weighted by molar-refractivity contribution is 0.0978. The minimum Gasteiger partial charge on any atom is -0.332 e. The number of benzene rings is 2. The highest BCUT2D eigenvalue weighted by Crippen LogP contribution is 2.16. The number of rotatable bonds is 2. The highest BCUT2D eigenvalue weighted by atomic mass is 35.5. The van der Waals surface area contributed by atoms with E-state index >= 15 is 0 Å². The standard InChI is InChI=1S/C14H10Cl2N2OS/c15-9-4-3-5-10(8-9)17-14(20)18-13(19)11-6-1-2-7-12(11)16/h1-8H,(H2,17,18,19,20). The Kier molecular flexibility index (Phi) is 4.95. The minimum absolute atomic E-state index is 0.178. The normalized spacial score (nSPS) is 9.90. The number of halogens is 2. The smallest absolute Gasteiger partial charge is 0.258 e. The molecule has 0 heterocycles. The fourth-order valence-electron chi connectivity index (χ4n) is 1.54.